The van der Waals surface area contributed by atoms with Gasteiger partial charge in [-0.25, -0.2) is 8.42 Å². The van der Waals surface area contributed by atoms with Crippen LogP contribution in [0.1, 0.15) is 67.8 Å². The van der Waals surface area contributed by atoms with Crippen molar-refractivity contribution in [3.63, 3.8) is 0 Å². The number of anilines is 2. The second-order valence-electron chi connectivity index (χ2n) is 10.6. The second kappa shape index (κ2) is 13.8. The van der Waals surface area contributed by atoms with E-state index in [-0.39, 0.29) is 11.7 Å². The quantitative estimate of drug-likeness (QED) is 0.317. The molecule has 1 saturated heterocycles. The third-order valence-electron chi connectivity index (χ3n) is 7.54. The molecule has 2 fully saturated rings. The summed E-state index contributed by atoms with van der Waals surface area (Å²) < 4.78 is 27.0. The number of nitrogens with one attached hydrogen (secondary N) is 3. The minimum absolute atomic E-state index is 0.0991. The molecule has 0 bridgehead atoms. The Hall–Kier alpha value is -2.33. The van der Waals surface area contributed by atoms with E-state index in [1.165, 1.54) is 23.6 Å². The highest BCUT2D eigenvalue weighted by atomic mass is 35.5. The molecule has 0 radical (unpaired) electrons. The molecule has 8 nitrogen and oxygen atoms in total. The smallest absolute Gasteiger partial charge is 0.251 e. The van der Waals surface area contributed by atoms with Crippen LogP contribution in [0.25, 0.3) is 0 Å². The van der Waals surface area contributed by atoms with Crippen LogP contribution in [0.2, 0.25) is 5.02 Å². The van der Waals surface area contributed by atoms with E-state index in [4.69, 9.17) is 11.6 Å². The number of halogens is 1. The number of nitrogens with zero attached hydrogens (tertiary/aromatic N) is 1. The maximum Gasteiger partial charge on any atom is 0.251 e. The summed E-state index contributed by atoms with van der Waals surface area (Å²) in [5.74, 6) is -0.267. The van der Waals surface area contributed by atoms with Gasteiger partial charge in [0.25, 0.3) is 5.91 Å². The van der Waals surface area contributed by atoms with Crippen molar-refractivity contribution < 1.29 is 18.3 Å². The van der Waals surface area contributed by atoms with E-state index in [0.717, 1.165) is 24.8 Å². The summed E-state index contributed by atoms with van der Waals surface area (Å²) in [6, 6.07) is 12.3. The largest absolute Gasteiger partial charge is 0.390 e. The summed E-state index contributed by atoms with van der Waals surface area (Å²) in [5.41, 5.74) is 2.40. The van der Waals surface area contributed by atoms with Crippen molar-refractivity contribution in [2.75, 3.05) is 35.0 Å². The van der Waals surface area contributed by atoms with Gasteiger partial charge in [-0.15, -0.1) is 0 Å². The lowest BCUT2D eigenvalue weighted by atomic mass is 9.95. The lowest BCUT2D eigenvalue weighted by molar-refractivity contribution is 0.0821. The number of aliphatic hydroxyl groups is 1. The van der Waals surface area contributed by atoms with Crippen molar-refractivity contribution in [2.45, 2.75) is 76.5 Å². The van der Waals surface area contributed by atoms with E-state index < -0.39 is 22.2 Å². The number of hydrogen-bond acceptors (Lipinski definition) is 6. The zero-order chi connectivity index (χ0) is 27.8. The van der Waals surface area contributed by atoms with Crippen molar-refractivity contribution >= 4 is 38.9 Å². The summed E-state index contributed by atoms with van der Waals surface area (Å²) in [7, 11) is -3.44. The first kappa shape index (κ1) is 29.6. The van der Waals surface area contributed by atoms with Gasteiger partial charge in [0.1, 0.15) is 0 Å². The predicted molar refractivity (Wildman–Crippen MR) is 158 cm³/mol. The van der Waals surface area contributed by atoms with Gasteiger partial charge in [-0.05, 0) is 74.9 Å². The number of hydrogen-bond donors (Lipinski definition) is 4. The Kier molecular flexibility index (Phi) is 10.5. The van der Waals surface area contributed by atoms with Crippen LogP contribution in [0.15, 0.2) is 42.5 Å². The number of rotatable bonds is 11. The summed E-state index contributed by atoms with van der Waals surface area (Å²) >= 11 is 6.21. The minimum atomic E-state index is -3.44. The first-order valence-corrected chi connectivity index (χ1v) is 16.1. The standard InChI is InChI=1S/C29H41ClN4O4S/c1-2-31-25-17-22(18-26(19-25)34-13-6-7-14-39(34,37)38)29(36)33-27(16-21-9-8-10-23(30)15-21)28(35)20-32-24-11-4-3-5-12-24/h8-10,15,17-19,24,27-28,31-32,35H,2-7,11-14,16,20H2,1H3,(H,33,36)/t27-,28+/m0/s1. The van der Waals surface area contributed by atoms with E-state index in [1.807, 2.05) is 25.1 Å². The average Bonchev–Trinajstić information content (AvgIpc) is 2.91. The molecule has 2 aromatic carbocycles. The molecule has 1 aliphatic heterocycles. The summed E-state index contributed by atoms with van der Waals surface area (Å²) in [6.07, 6.45) is 6.80. The van der Waals surface area contributed by atoms with Gasteiger partial charge < -0.3 is 21.1 Å². The molecule has 4 N–H and O–H groups in total. The fraction of sp³-hybridized carbons (Fsp3) is 0.552. The van der Waals surface area contributed by atoms with Gasteiger partial charge in [0.2, 0.25) is 10.0 Å². The molecule has 2 aliphatic rings. The number of carbonyl (C=O) groups excluding carboxylic acids is 1. The number of carbonyl (C=O) groups is 1. The number of aliphatic hydroxyl groups excluding tert-OH is 1. The maximum absolute atomic E-state index is 13.6. The van der Waals surface area contributed by atoms with E-state index in [0.29, 0.717) is 60.5 Å². The number of sulfonamides is 1. The predicted octanol–water partition coefficient (Wildman–Crippen LogP) is 4.33. The molecule has 2 atom stereocenters. The minimum Gasteiger partial charge on any atom is -0.390 e. The SMILES string of the molecule is CCNc1cc(C(=O)N[C@@H](Cc2cccc(Cl)c2)[C@H](O)CNC2CCCCC2)cc(N2CCCCS2(=O)=O)c1. The van der Waals surface area contributed by atoms with Gasteiger partial charge in [-0.3, -0.25) is 9.10 Å². The van der Waals surface area contributed by atoms with Crippen molar-refractivity contribution in [3.05, 3.63) is 58.6 Å². The molecule has 0 spiro atoms. The third kappa shape index (κ3) is 8.33. The van der Waals surface area contributed by atoms with Gasteiger partial charge in [-0.1, -0.05) is 43.0 Å². The normalized spacial score (nSPS) is 19.3. The van der Waals surface area contributed by atoms with Gasteiger partial charge >= 0.3 is 0 Å². The maximum atomic E-state index is 13.6. The van der Waals surface area contributed by atoms with Crippen LogP contribution in [0.5, 0.6) is 0 Å². The molecule has 0 aromatic heterocycles. The van der Waals surface area contributed by atoms with Gasteiger partial charge in [-0.2, -0.15) is 0 Å². The second-order valence-corrected chi connectivity index (χ2v) is 13.1. The summed E-state index contributed by atoms with van der Waals surface area (Å²) in [5, 5.41) is 21.6. The topological polar surface area (TPSA) is 111 Å². The zero-order valence-electron chi connectivity index (χ0n) is 22.7. The highest BCUT2D eigenvalue weighted by Crippen LogP contribution is 2.28. The van der Waals surface area contributed by atoms with Gasteiger partial charge in [0.15, 0.2) is 0 Å². The zero-order valence-corrected chi connectivity index (χ0v) is 24.2. The van der Waals surface area contributed by atoms with Crippen molar-refractivity contribution in [1.29, 1.82) is 0 Å². The molecule has 10 heteroatoms. The Labute approximate surface area is 237 Å². The third-order valence-corrected chi connectivity index (χ3v) is 9.65. The molecule has 1 heterocycles. The Morgan fingerprint density at radius 2 is 1.90 bits per heavy atom. The Balaban J connectivity index is 1.56. The highest BCUT2D eigenvalue weighted by molar-refractivity contribution is 7.92. The van der Waals surface area contributed by atoms with Crippen LogP contribution >= 0.6 is 11.6 Å². The van der Waals surface area contributed by atoms with Crippen LogP contribution in [-0.4, -0.2) is 63.0 Å². The van der Waals surface area contributed by atoms with Crippen molar-refractivity contribution in [3.8, 4) is 0 Å². The molecular formula is C29H41ClN4O4S. The van der Waals surface area contributed by atoms with Gasteiger partial charge in [0.05, 0.1) is 23.6 Å². The molecule has 4 rings (SSSR count). The average molecular weight is 577 g/mol. The summed E-state index contributed by atoms with van der Waals surface area (Å²) in [6.45, 7) is 3.33. The number of amides is 1. The number of benzene rings is 2. The van der Waals surface area contributed by atoms with E-state index in [2.05, 4.69) is 16.0 Å². The first-order valence-electron chi connectivity index (χ1n) is 14.1. The molecule has 1 saturated carbocycles. The van der Waals surface area contributed by atoms with Crippen molar-refractivity contribution in [1.82, 2.24) is 10.6 Å². The fourth-order valence-electron chi connectivity index (χ4n) is 5.46. The monoisotopic (exact) mass is 576 g/mol. The molecule has 214 valence electrons. The molecule has 2 aromatic rings. The molecular weight excluding hydrogens is 536 g/mol. The van der Waals surface area contributed by atoms with Crippen LogP contribution < -0.4 is 20.3 Å². The Morgan fingerprint density at radius 1 is 1.10 bits per heavy atom. The van der Waals surface area contributed by atoms with Crippen LogP contribution in [-0.2, 0) is 16.4 Å². The first-order chi connectivity index (χ1) is 18.7. The molecule has 1 amide bonds. The van der Waals surface area contributed by atoms with E-state index in [1.54, 1.807) is 24.3 Å². The Morgan fingerprint density at radius 3 is 2.62 bits per heavy atom. The lowest BCUT2D eigenvalue weighted by Gasteiger charge is -2.30. The Bertz CT molecular complexity index is 1220. The summed E-state index contributed by atoms with van der Waals surface area (Å²) in [4.78, 5) is 13.6. The van der Waals surface area contributed by atoms with Crippen LogP contribution in [0.4, 0.5) is 11.4 Å². The van der Waals surface area contributed by atoms with E-state index >= 15 is 0 Å². The fourth-order valence-corrected chi connectivity index (χ4v) is 7.30. The van der Waals surface area contributed by atoms with Gasteiger partial charge in [0, 0.05) is 41.9 Å². The van der Waals surface area contributed by atoms with Crippen molar-refractivity contribution in [2.24, 2.45) is 0 Å². The molecule has 1 aliphatic carbocycles. The van der Waals surface area contributed by atoms with Crippen LogP contribution in [0.3, 0.4) is 0 Å². The highest BCUT2D eigenvalue weighted by Gasteiger charge is 2.28. The lowest BCUT2D eigenvalue weighted by Crippen LogP contribution is -2.50. The molecule has 0 unspecified atom stereocenters. The van der Waals surface area contributed by atoms with Crippen LogP contribution in [0, 0.1) is 0 Å². The molecule has 39 heavy (non-hydrogen) atoms. The van der Waals surface area contributed by atoms with E-state index in [9.17, 15) is 18.3 Å².